The molecule has 1 fully saturated rings. The first kappa shape index (κ1) is 16.7. The molecule has 0 atom stereocenters. The Hall–Kier alpha value is -2.16. The lowest BCUT2D eigenvalue weighted by Crippen LogP contribution is -2.38. The highest BCUT2D eigenvalue weighted by Crippen LogP contribution is 2.19. The molecule has 1 N–H and O–H groups in total. The molecule has 1 saturated heterocycles. The van der Waals surface area contributed by atoms with Crippen LogP contribution in [0.1, 0.15) is 26.1 Å². The van der Waals surface area contributed by atoms with Gasteiger partial charge in [-0.3, -0.25) is 4.68 Å². The number of nitrogens with zero attached hydrogens (tertiary/aromatic N) is 6. The van der Waals surface area contributed by atoms with Gasteiger partial charge in [0.2, 0.25) is 5.13 Å². The summed E-state index contributed by atoms with van der Waals surface area (Å²) in [6, 6.07) is -0.0704. The quantitative estimate of drug-likeness (QED) is 0.914. The topological polar surface area (TPSA) is 79.2 Å². The summed E-state index contributed by atoms with van der Waals surface area (Å²) < 4.78 is 6.14. The van der Waals surface area contributed by atoms with Crippen LogP contribution in [-0.2, 0) is 13.0 Å². The van der Waals surface area contributed by atoms with E-state index in [0.717, 1.165) is 55.7 Å². The van der Waals surface area contributed by atoms with Crippen LogP contribution in [0.5, 0.6) is 0 Å². The van der Waals surface area contributed by atoms with Crippen LogP contribution in [0, 0.1) is 0 Å². The molecule has 3 rings (SSSR count). The number of urea groups is 1. The number of amides is 2. The van der Waals surface area contributed by atoms with Crippen molar-refractivity contribution in [3.05, 3.63) is 18.2 Å². The number of rotatable bonds is 4. The number of anilines is 2. The van der Waals surface area contributed by atoms with Crippen molar-refractivity contribution in [1.29, 1.82) is 0 Å². The van der Waals surface area contributed by atoms with Gasteiger partial charge in [0.15, 0.2) is 0 Å². The summed E-state index contributed by atoms with van der Waals surface area (Å²) in [7, 11) is 0. The normalized spacial score (nSPS) is 15.4. The molecule has 8 nitrogen and oxygen atoms in total. The zero-order valence-electron chi connectivity index (χ0n) is 14.1. The summed E-state index contributed by atoms with van der Waals surface area (Å²) in [6.07, 6.45) is 5.29. The molecule has 0 unspecified atom stereocenters. The third kappa shape index (κ3) is 3.84. The van der Waals surface area contributed by atoms with Crippen LogP contribution in [0.15, 0.2) is 12.4 Å². The minimum absolute atomic E-state index is 0.0704. The highest BCUT2D eigenvalue weighted by molar-refractivity contribution is 7.09. The number of carbonyl (C=O) groups is 1. The van der Waals surface area contributed by atoms with E-state index < -0.39 is 0 Å². The molecule has 0 aromatic carbocycles. The fourth-order valence-electron chi connectivity index (χ4n) is 2.63. The highest BCUT2D eigenvalue weighted by Gasteiger charge is 2.21. The molecule has 9 heteroatoms. The van der Waals surface area contributed by atoms with E-state index in [1.165, 1.54) is 11.5 Å². The Morgan fingerprint density at radius 2 is 2.17 bits per heavy atom. The van der Waals surface area contributed by atoms with Crippen LogP contribution in [0.25, 0.3) is 0 Å². The minimum atomic E-state index is -0.0704. The maximum absolute atomic E-state index is 12.4. The monoisotopic (exact) mass is 349 g/mol. The predicted octanol–water partition coefficient (Wildman–Crippen LogP) is 2.06. The smallest absolute Gasteiger partial charge is 0.321 e. The Bertz CT molecular complexity index is 683. The van der Waals surface area contributed by atoms with Crippen LogP contribution in [0.2, 0.25) is 0 Å². The zero-order valence-corrected chi connectivity index (χ0v) is 14.9. The van der Waals surface area contributed by atoms with E-state index in [9.17, 15) is 4.79 Å². The van der Waals surface area contributed by atoms with E-state index in [0.29, 0.717) is 6.54 Å². The van der Waals surface area contributed by atoms with Gasteiger partial charge in [0.25, 0.3) is 0 Å². The summed E-state index contributed by atoms with van der Waals surface area (Å²) in [6.45, 7) is 7.95. The lowest BCUT2D eigenvalue weighted by atomic mass is 10.4. The number of nitrogens with one attached hydrogen (secondary N) is 1. The summed E-state index contributed by atoms with van der Waals surface area (Å²) in [5, 5.41) is 8.05. The summed E-state index contributed by atoms with van der Waals surface area (Å²) >= 11 is 1.44. The standard InChI is InChI=1S/C15H23N7OS/c1-3-13-18-15(24-19-13)21-7-5-6-20(8-9-21)14(23)17-12-10-16-22(4-2)11-12/h10-11H,3-9H2,1-2H3,(H,17,23). The Morgan fingerprint density at radius 3 is 2.88 bits per heavy atom. The molecule has 0 aliphatic carbocycles. The van der Waals surface area contributed by atoms with E-state index in [4.69, 9.17) is 0 Å². The third-order valence-corrected chi connectivity index (χ3v) is 4.85. The number of carbonyl (C=O) groups excluding carboxylic acids is 1. The fourth-order valence-corrected chi connectivity index (χ4v) is 3.43. The van der Waals surface area contributed by atoms with E-state index in [2.05, 4.69) is 31.6 Å². The molecule has 2 aromatic rings. The second-order valence-electron chi connectivity index (χ2n) is 5.69. The second kappa shape index (κ2) is 7.61. The molecule has 2 amide bonds. The van der Waals surface area contributed by atoms with Gasteiger partial charge in [-0.25, -0.2) is 9.78 Å². The first-order valence-corrected chi connectivity index (χ1v) is 9.12. The molecule has 0 spiro atoms. The van der Waals surface area contributed by atoms with Gasteiger partial charge in [0.1, 0.15) is 5.82 Å². The van der Waals surface area contributed by atoms with Crippen molar-refractivity contribution in [3.63, 3.8) is 0 Å². The molecule has 24 heavy (non-hydrogen) atoms. The Morgan fingerprint density at radius 1 is 1.29 bits per heavy atom. The van der Waals surface area contributed by atoms with Crippen molar-refractivity contribution in [2.45, 2.75) is 33.2 Å². The summed E-state index contributed by atoms with van der Waals surface area (Å²) in [4.78, 5) is 21.1. The number of aromatic nitrogens is 4. The summed E-state index contributed by atoms with van der Waals surface area (Å²) in [5.74, 6) is 0.891. The second-order valence-corrected chi connectivity index (χ2v) is 6.42. The van der Waals surface area contributed by atoms with Gasteiger partial charge in [-0.2, -0.15) is 9.47 Å². The Balaban J connectivity index is 1.57. The molecule has 1 aliphatic heterocycles. The molecule has 3 heterocycles. The van der Waals surface area contributed by atoms with Gasteiger partial charge in [-0.15, -0.1) is 0 Å². The molecule has 130 valence electrons. The first-order chi connectivity index (χ1) is 11.7. The van der Waals surface area contributed by atoms with E-state index in [-0.39, 0.29) is 6.03 Å². The molecule has 1 aliphatic rings. The van der Waals surface area contributed by atoms with Gasteiger partial charge in [-0.05, 0) is 13.3 Å². The van der Waals surface area contributed by atoms with Gasteiger partial charge >= 0.3 is 6.03 Å². The number of hydrogen-bond acceptors (Lipinski definition) is 6. The van der Waals surface area contributed by atoms with Crippen molar-refractivity contribution in [2.75, 3.05) is 36.4 Å². The van der Waals surface area contributed by atoms with Gasteiger partial charge < -0.3 is 15.1 Å². The van der Waals surface area contributed by atoms with Crippen LogP contribution >= 0.6 is 11.5 Å². The molecule has 0 bridgehead atoms. The number of hydrogen-bond donors (Lipinski definition) is 1. The van der Waals surface area contributed by atoms with Gasteiger partial charge in [0.05, 0.1) is 11.9 Å². The highest BCUT2D eigenvalue weighted by atomic mass is 32.1. The molecular weight excluding hydrogens is 326 g/mol. The molecule has 2 aromatic heterocycles. The van der Waals surface area contributed by atoms with Gasteiger partial charge in [0, 0.05) is 56.9 Å². The average Bonchev–Trinajstić information content (AvgIpc) is 3.18. The van der Waals surface area contributed by atoms with Crippen molar-refractivity contribution in [1.82, 2.24) is 24.0 Å². The summed E-state index contributed by atoms with van der Waals surface area (Å²) in [5.41, 5.74) is 0.736. The Kier molecular flexibility index (Phi) is 5.29. The lowest BCUT2D eigenvalue weighted by Gasteiger charge is -2.21. The van der Waals surface area contributed by atoms with Crippen molar-refractivity contribution >= 4 is 28.4 Å². The fraction of sp³-hybridized carbons (Fsp3) is 0.600. The van der Waals surface area contributed by atoms with Crippen LogP contribution in [0.4, 0.5) is 15.6 Å². The Labute approximate surface area is 145 Å². The van der Waals surface area contributed by atoms with E-state index in [1.807, 2.05) is 18.0 Å². The average molecular weight is 349 g/mol. The third-order valence-electron chi connectivity index (χ3n) is 4.04. The minimum Gasteiger partial charge on any atom is -0.345 e. The van der Waals surface area contributed by atoms with E-state index in [1.54, 1.807) is 10.9 Å². The lowest BCUT2D eigenvalue weighted by molar-refractivity contribution is 0.215. The van der Waals surface area contributed by atoms with Crippen LogP contribution in [0.3, 0.4) is 0 Å². The van der Waals surface area contributed by atoms with Crippen molar-refractivity contribution in [3.8, 4) is 0 Å². The van der Waals surface area contributed by atoms with Crippen LogP contribution in [-0.4, -0.2) is 56.2 Å². The van der Waals surface area contributed by atoms with Gasteiger partial charge in [-0.1, -0.05) is 6.92 Å². The van der Waals surface area contributed by atoms with Crippen molar-refractivity contribution in [2.24, 2.45) is 0 Å². The number of aryl methyl sites for hydroxylation is 2. The molecule has 0 saturated carbocycles. The largest absolute Gasteiger partial charge is 0.345 e. The zero-order chi connectivity index (χ0) is 16.9. The van der Waals surface area contributed by atoms with Crippen LogP contribution < -0.4 is 10.2 Å². The molecular formula is C15H23N7OS. The SMILES string of the molecule is CCc1nsc(N2CCCN(C(=O)Nc3cnn(CC)c3)CC2)n1. The van der Waals surface area contributed by atoms with Crippen molar-refractivity contribution < 1.29 is 4.79 Å². The first-order valence-electron chi connectivity index (χ1n) is 8.35. The maximum Gasteiger partial charge on any atom is 0.321 e. The maximum atomic E-state index is 12.4. The van der Waals surface area contributed by atoms with E-state index >= 15 is 0 Å². The molecule has 0 radical (unpaired) electrons. The predicted molar refractivity (Wildman–Crippen MR) is 94.6 cm³/mol.